The van der Waals surface area contributed by atoms with E-state index < -0.39 is 21.6 Å². The van der Waals surface area contributed by atoms with Crippen molar-refractivity contribution in [2.45, 2.75) is 0 Å². The van der Waals surface area contributed by atoms with Gasteiger partial charge in [0.25, 0.3) is 0 Å². The Labute approximate surface area is 116 Å². The number of carboxylic acids is 1. The summed E-state index contributed by atoms with van der Waals surface area (Å²) in [6, 6.07) is 2.23. The van der Waals surface area contributed by atoms with E-state index in [4.69, 9.17) is 28.3 Å². The maximum atomic E-state index is 10.6. The predicted molar refractivity (Wildman–Crippen MR) is 57.2 cm³/mol. The van der Waals surface area contributed by atoms with Gasteiger partial charge in [-0.05, 0) is 12.1 Å². The first-order valence-electron chi connectivity index (χ1n) is 3.31. The summed E-state index contributed by atoms with van der Waals surface area (Å²) in [5.41, 5.74) is -0.934. The molecule has 0 aliphatic rings. The molecule has 76 valence electrons. The molecule has 0 fully saturated rings. The van der Waals surface area contributed by atoms with E-state index in [-0.39, 0.29) is 40.1 Å². The summed E-state index contributed by atoms with van der Waals surface area (Å²) in [6.45, 7) is 0. The topological polar surface area (TPSA) is 80.4 Å². The number of benzene rings is 1. The number of nitrogens with zero attached hydrogens (tertiary/aromatic N) is 1. The van der Waals surface area contributed by atoms with Gasteiger partial charge in [0, 0.05) is 0 Å². The van der Waals surface area contributed by atoms with Crippen LogP contribution >= 0.6 is 23.2 Å². The summed E-state index contributed by atoms with van der Waals surface area (Å²) in [6.07, 6.45) is 0. The number of nitro benzene ring substituents is 1. The van der Waals surface area contributed by atoms with Crippen LogP contribution < -0.4 is 0 Å². The Kier molecular flexibility index (Phi) is 5.55. The molecule has 0 aliphatic heterocycles. The number of rotatable bonds is 2. The van der Waals surface area contributed by atoms with Crippen LogP contribution in [-0.4, -0.2) is 45.6 Å². The molecule has 0 heterocycles. The van der Waals surface area contributed by atoms with E-state index in [9.17, 15) is 14.9 Å². The van der Waals surface area contributed by atoms with Gasteiger partial charge in [0.05, 0.1) is 10.5 Å². The van der Waals surface area contributed by atoms with Crippen molar-refractivity contribution in [1.82, 2.24) is 0 Å². The summed E-state index contributed by atoms with van der Waals surface area (Å²) in [4.78, 5) is 20.2. The van der Waals surface area contributed by atoms with E-state index in [2.05, 4.69) is 0 Å². The quantitative estimate of drug-likeness (QED) is 0.500. The zero-order valence-corrected chi connectivity index (χ0v) is 8.04. The van der Waals surface area contributed by atoms with Crippen LogP contribution in [0, 0.1) is 10.1 Å². The van der Waals surface area contributed by atoms with Crippen LogP contribution in [0.3, 0.4) is 0 Å². The fourth-order valence-electron chi connectivity index (χ4n) is 0.874. The normalized spacial score (nSPS) is 9.20. The summed E-state index contributed by atoms with van der Waals surface area (Å²) in [5.74, 6) is -1.34. The average Bonchev–Trinajstić information content (AvgIpc) is 2.02. The van der Waals surface area contributed by atoms with E-state index in [1.54, 1.807) is 0 Å². The first kappa shape index (κ1) is 14.7. The Morgan fingerprint density at radius 3 is 2.33 bits per heavy atom. The maximum absolute atomic E-state index is 10.6. The van der Waals surface area contributed by atoms with Gasteiger partial charge in [-0.1, -0.05) is 23.2 Å². The third-order valence-corrected chi connectivity index (χ3v) is 2.17. The Hall–Kier alpha value is -0.330. The molecule has 0 spiro atoms. The Balaban J connectivity index is 0.00000196. The average molecular weight is 260 g/mol. The molecule has 0 saturated heterocycles. The fourth-order valence-corrected chi connectivity index (χ4v) is 1.46. The van der Waals surface area contributed by atoms with Crippen LogP contribution in [0.1, 0.15) is 10.4 Å². The molecule has 1 rings (SSSR count). The number of aromatic carboxylic acids is 1. The first-order chi connectivity index (χ1) is 6.45. The molecule has 0 aromatic heterocycles. The molecule has 1 aromatic carbocycles. The Morgan fingerprint density at radius 1 is 1.40 bits per heavy atom. The van der Waals surface area contributed by atoms with Crippen molar-refractivity contribution in [3.63, 3.8) is 0 Å². The minimum atomic E-state index is -1.34. The van der Waals surface area contributed by atoms with E-state index in [1.165, 1.54) is 0 Å². The molecule has 0 atom stereocenters. The number of carbonyl (C=O) groups is 1. The van der Waals surface area contributed by atoms with Crippen molar-refractivity contribution in [3.8, 4) is 0 Å². The molecular weight excluding hydrogens is 256 g/mol. The SMILES string of the molecule is O=C(O)c1ccc(Cl)c([N+](=O)[O-])c1Cl.[NaH]. The van der Waals surface area contributed by atoms with Crippen LogP contribution in [0.4, 0.5) is 5.69 Å². The van der Waals surface area contributed by atoms with Gasteiger partial charge >= 0.3 is 41.2 Å². The molecule has 8 heteroatoms. The van der Waals surface area contributed by atoms with Crippen molar-refractivity contribution >= 4 is 64.4 Å². The molecule has 0 aliphatic carbocycles. The number of halogens is 2. The molecule has 0 bridgehead atoms. The van der Waals surface area contributed by atoms with E-state index >= 15 is 0 Å². The van der Waals surface area contributed by atoms with Crippen molar-refractivity contribution in [3.05, 3.63) is 37.9 Å². The van der Waals surface area contributed by atoms with Gasteiger partial charge in [-0.15, -0.1) is 0 Å². The van der Waals surface area contributed by atoms with Crippen molar-refractivity contribution in [1.29, 1.82) is 0 Å². The van der Waals surface area contributed by atoms with Crippen LogP contribution in [-0.2, 0) is 0 Å². The van der Waals surface area contributed by atoms with Gasteiger partial charge in [0.15, 0.2) is 0 Å². The standard InChI is InChI=1S/C7H3Cl2NO4.Na.H/c8-4-2-1-3(7(11)12)5(9)6(4)10(13)14;;/h1-2H,(H,11,12);;. The van der Waals surface area contributed by atoms with Crippen molar-refractivity contribution in [2.75, 3.05) is 0 Å². The van der Waals surface area contributed by atoms with E-state index in [0.717, 1.165) is 12.1 Å². The molecule has 0 unspecified atom stereocenters. The zero-order valence-electron chi connectivity index (χ0n) is 6.53. The number of hydrogen-bond acceptors (Lipinski definition) is 3. The first-order valence-corrected chi connectivity index (χ1v) is 4.06. The van der Waals surface area contributed by atoms with Gasteiger partial charge < -0.3 is 5.11 Å². The Morgan fingerprint density at radius 2 is 1.93 bits per heavy atom. The molecule has 0 radical (unpaired) electrons. The summed E-state index contributed by atoms with van der Waals surface area (Å²) < 4.78 is 0. The molecule has 0 saturated carbocycles. The van der Waals surface area contributed by atoms with Gasteiger partial charge in [-0.3, -0.25) is 10.1 Å². The van der Waals surface area contributed by atoms with Gasteiger partial charge in [-0.2, -0.15) is 0 Å². The summed E-state index contributed by atoms with van der Waals surface area (Å²) in [5, 5.41) is 18.4. The van der Waals surface area contributed by atoms with Crippen molar-refractivity contribution in [2.24, 2.45) is 0 Å². The van der Waals surface area contributed by atoms with Crippen LogP contribution in [0.5, 0.6) is 0 Å². The van der Waals surface area contributed by atoms with Gasteiger partial charge in [-0.25, -0.2) is 4.79 Å². The molecule has 5 nitrogen and oxygen atoms in total. The third kappa shape index (κ3) is 3.06. The van der Waals surface area contributed by atoms with E-state index in [1.807, 2.05) is 0 Å². The zero-order chi connectivity index (χ0) is 10.9. The molecule has 0 amide bonds. The molecule has 1 N–H and O–H groups in total. The number of nitro groups is 1. The van der Waals surface area contributed by atoms with Crippen molar-refractivity contribution < 1.29 is 14.8 Å². The van der Waals surface area contributed by atoms with Crippen LogP contribution in [0.2, 0.25) is 10.0 Å². The van der Waals surface area contributed by atoms with Crippen LogP contribution in [0.25, 0.3) is 0 Å². The van der Waals surface area contributed by atoms with E-state index in [0.29, 0.717) is 0 Å². The number of carboxylic acid groups (broad SMARTS) is 1. The second-order valence-corrected chi connectivity index (χ2v) is 3.10. The number of hydrogen-bond donors (Lipinski definition) is 1. The second-order valence-electron chi connectivity index (χ2n) is 2.32. The minimum absolute atomic E-state index is 0. The van der Waals surface area contributed by atoms with Gasteiger partial charge in [0.2, 0.25) is 0 Å². The van der Waals surface area contributed by atoms with Gasteiger partial charge in [0.1, 0.15) is 10.0 Å². The second kappa shape index (κ2) is 5.67. The Bertz CT molecular complexity index is 424. The molecular formula is C7H4Cl2NNaO4. The summed E-state index contributed by atoms with van der Waals surface area (Å²) >= 11 is 11.0. The monoisotopic (exact) mass is 259 g/mol. The fraction of sp³-hybridized carbons (Fsp3) is 0. The molecule has 15 heavy (non-hydrogen) atoms. The third-order valence-electron chi connectivity index (χ3n) is 1.48. The molecule has 1 aromatic rings. The summed E-state index contributed by atoms with van der Waals surface area (Å²) in [7, 11) is 0. The predicted octanol–water partition coefficient (Wildman–Crippen LogP) is 1.95. The van der Waals surface area contributed by atoms with Crippen LogP contribution in [0.15, 0.2) is 12.1 Å².